The van der Waals surface area contributed by atoms with Gasteiger partial charge in [-0.2, -0.15) is 5.26 Å². The third kappa shape index (κ3) is 5.50. The highest BCUT2D eigenvalue weighted by Gasteiger charge is 2.47. The van der Waals surface area contributed by atoms with Crippen molar-refractivity contribution >= 4 is 0 Å². The minimum atomic E-state index is 0.0631. The monoisotopic (exact) mass is 331 g/mol. The zero-order valence-electron chi connectivity index (χ0n) is 16.5. The topological polar surface area (TPSA) is 23.8 Å². The van der Waals surface area contributed by atoms with Gasteiger partial charge < -0.3 is 0 Å². The van der Waals surface area contributed by atoms with Crippen molar-refractivity contribution in [3.05, 3.63) is 0 Å². The van der Waals surface area contributed by atoms with Gasteiger partial charge in [0.1, 0.15) is 0 Å². The molecule has 0 bridgehead atoms. The lowest BCUT2D eigenvalue weighted by Gasteiger charge is -2.48. The molecule has 2 aliphatic carbocycles. The maximum absolute atomic E-state index is 9.99. The van der Waals surface area contributed by atoms with Gasteiger partial charge in [0.25, 0.3) is 0 Å². The number of hydrogen-bond acceptors (Lipinski definition) is 1. The van der Waals surface area contributed by atoms with Crippen molar-refractivity contribution in [2.24, 2.45) is 23.2 Å². The van der Waals surface area contributed by atoms with Crippen LogP contribution in [0, 0.1) is 34.5 Å². The number of unbranched alkanes of at least 4 members (excludes halogenated alkanes) is 6. The average Bonchev–Trinajstić information content (AvgIpc) is 2.61. The molecule has 0 radical (unpaired) electrons. The smallest absolute Gasteiger partial charge is 0.0692 e. The van der Waals surface area contributed by atoms with Crippen LogP contribution < -0.4 is 0 Å². The van der Waals surface area contributed by atoms with Crippen molar-refractivity contribution in [2.75, 3.05) is 0 Å². The van der Waals surface area contributed by atoms with E-state index in [0.29, 0.717) is 0 Å². The third-order valence-corrected chi connectivity index (χ3v) is 7.13. The highest BCUT2D eigenvalue weighted by molar-refractivity contribution is 5.08. The number of hydrogen-bond donors (Lipinski definition) is 0. The van der Waals surface area contributed by atoms with E-state index in [1.807, 2.05) is 0 Å². The molecule has 2 fully saturated rings. The van der Waals surface area contributed by atoms with Crippen LogP contribution in [0.3, 0.4) is 0 Å². The zero-order chi connectivity index (χ0) is 17.3. The Morgan fingerprint density at radius 1 is 0.833 bits per heavy atom. The van der Waals surface area contributed by atoms with Crippen molar-refractivity contribution in [1.29, 1.82) is 5.26 Å². The molecule has 0 N–H and O–H groups in total. The Labute approximate surface area is 151 Å². The standard InChI is InChI=1S/C23H41N/c1-3-5-7-8-10-12-21-13-14-22-17-20(11-9-6-4-2)15-16-23(22,18-21)19-24/h20-22H,3-18H2,1-2H3. The summed E-state index contributed by atoms with van der Waals surface area (Å²) in [6.07, 6.45) is 21.8. The first kappa shape index (κ1) is 19.8. The van der Waals surface area contributed by atoms with Crippen molar-refractivity contribution in [2.45, 2.75) is 117 Å². The van der Waals surface area contributed by atoms with Gasteiger partial charge in [0.2, 0.25) is 0 Å². The molecule has 0 aromatic heterocycles. The normalized spacial score (nSPS) is 33.0. The van der Waals surface area contributed by atoms with E-state index in [-0.39, 0.29) is 5.41 Å². The van der Waals surface area contributed by atoms with Gasteiger partial charge in [-0.3, -0.25) is 0 Å². The van der Waals surface area contributed by atoms with Crippen LogP contribution in [0.2, 0.25) is 0 Å². The molecule has 2 rings (SSSR count). The molecule has 24 heavy (non-hydrogen) atoms. The third-order valence-electron chi connectivity index (χ3n) is 7.13. The molecule has 2 aliphatic rings. The van der Waals surface area contributed by atoms with Crippen LogP contribution >= 0.6 is 0 Å². The molecule has 0 amide bonds. The van der Waals surface area contributed by atoms with Gasteiger partial charge in [0.05, 0.1) is 11.5 Å². The van der Waals surface area contributed by atoms with Crippen molar-refractivity contribution in [3.8, 4) is 6.07 Å². The highest BCUT2D eigenvalue weighted by atomic mass is 14.5. The van der Waals surface area contributed by atoms with Crippen LogP contribution in [-0.4, -0.2) is 0 Å². The fraction of sp³-hybridized carbons (Fsp3) is 0.957. The molecule has 4 atom stereocenters. The highest BCUT2D eigenvalue weighted by Crippen LogP contribution is 2.54. The second-order valence-corrected chi connectivity index (χ2v) is 8.95. The molecule has 0 aromatic rings. The first-order valence-corrected chi connectivity index (χ1v) is 11.1. The van der Waals surface area contributed by atoms with E-state index < -0.39 is 0 Å². The first-order chi connectivity index (χ1) is 11.7. The number of fused-ring (bicyclic) bond motifs is 1. The van der Waals surface area contributed by atoms with Gasteiger partial charge in [-0.25, -0.2) is 0 Å². The molecule has 4 unspecified atom stereocenters. The lowest BCUT2D eigenvalue weighted by atomic mass is 9.55. The Bertz CT molecular complexity index is 382. The molecule has 1 heteroatoms. The van der Waals surface area contributed by atoms with Gasteiger partial charge in [-0.1, -0.05) is 84.5 Å². The summed E-state index contributed by atoms with van der Waals surface area (Å²) in [6.45, 7) is 4.58. The van der Waals surface area contributed by atoms with E-state index in [1.165, 1.54) is 103 Å². The van der Waals surface area contributed by atoms with Gasteiger partial charge >= 0.3 is 0 Å². The van der Waals surface area contributed by atoms with E-state index >= 15 is 0 Å². The molecule has 1 nitrogen and oxygen atoms in total. The predicted molar refractivity (Wildman–Crippen MR) is 104 cm³/mol. The molecule has 2 saturated carbocycles. The van der Waals surface area contributed by atoms with Crippen LogP contribution in [0.5, 0.6) is 0 Å². The quantitative estimate of drug-likeness (QED) is 0.377. The van der Waals surface area contributed by atoms with Gasteiger partial charge in [-0.05, 0) is 49.9 Å². The van der Waals surface area contributed by atoms with Crippen molar-refractivity contribution in [1.82, 2.24) is 0 Å². The van der Waals surface area contributed by atoms with Crippen LogP contribution in [0.25, 0.3) is 0 Å². The average molecular weight is 332 g/mol. The Morgan fingerprint density at radius 3 is 2.25 bits per heavy atom. The minimum absolute atomic E-state index is 0.0631. The summed E-state index contributed by atoms with van der Waals surface area (Å²) in [6, 6.07) is 2.85. The molecule has 0 heterocycles. The fourth-order valence-electron chi connectivity index (χ4n) is 5.55. The predicted octanol–water partition coefficient (Wildman–Crippen LogP) is 7.65. The molecular formula is C23H41N. The number of nitriles is 1. The van der Waals surface area contributed by atoms with Crippen LogP contribution in [-0.2, 0) is 0 Å². The van der Waals surface area contributed by atoms with E-state index in [0.717, 1.165) is 17.8 Å². The molecule has 0 spiro atoms. The SMILES string of the molecule is CCCCCCCC1CCC2CC(CCCCC)CCC2(C#N)C1. The molecule has 0 saturated heterocycles. The zero-order valence-corrected chi connectivity index (χ0v) is 16.5. The Hall–Kier alpha value is -0.510. The van der Waals surface area contributed by atoms with Gasteiger partial charge in [-0.15, -0.1) is 0 Å². The molecule has 0 aliphatic heterocycles. The van der Waals surface area contributed by atoms with Crippen LogP contribution in [0.4, 0.5) is 0 Å². The van der Waals surface area contributed by atoms with Crippen LogP contribution in [0.1, 0.15) is 117 Å². The summed E-state index contributed by atoms with van der Waals surface area (Å²) in [5.41, 5.74) is 0.0631. The molecule has 138 valence electrons. The lowest BCUT2D eigenvalue weighted by Crippen LogP contribution is -2.40. The van der Waals surface area contributed by atoms with E-state index in [9.17, 15) is 5.26 Å². The molecule has 0 aromatic carbocycles. The largest absolute Gasteiger partial charge is 0.198 e. The first-order valence-electron chi connectivity index (χ1n) is 11.1. The summed E-state index contributed by atoms with van der Waals surface area (Å²) in [4.78, 5) is 0. The summed E-state index contributed by atoms with van der Waals surface area (Å²) >= 11 is 0. The Kier molecular flexibility index (Phi) is 8.65. The van der Waals surface area contributed by atoms with E-state index in [2.05, 4.69) is 19.9 Å². The van der Waals surface area contributed by atoms with Crippen LogP contribution in [0.15, 0.2) is 0 Å². The Balaban J connectivity index is 1.77. The summed E-state index contributed by atoms with van der Waals surface area (Å²) in [7, 11) is 0. The summed E-state index contributed by atoms with van der Waals surface area (Å²) in [5.74, 6) is 2.49. The van der Waals surface area contributed by atoms with E-state index in [4.69, 9.17) is 0 Å². The van der Waals surface area contributed by atoms with Gasteiger partial charge in [0, 0.05) is 0 Å². The number of rotatable bonds is 10. The summed E-state index contributed by atoms with van der Waals surface area (Å²) in [5, 5.41) is 9.99. The van der Waals surface area contributed by atoms with Crippen molar-refractivity contribution < 1.29 is 0 Å². The minimum Gasteiger partial charge on any atom is -0.198 e. The second kappa shape index (κ2) is 10.5. The fourth-order valence-corrected chi connectivity index (χ4v) is 5.55. The molecular weight excluding hydrogens is 290 g/mol. The second-order valence-electron chi connectivity index (χ2n) is 8.95. The number of nitrogens with zero attached hydrogens (tertiary/aromatic N) is 1. The van der Waals surface area contributed by atoms with Crippen molar-refractivity contribution in [3.63, 3.8) is 0 Å². The van der Waals surface area contributed by atoms with Gasteiger partial charge in [0.15, 0.2) is 0 Å². The summed E-state index contributed by atoms with van der Waals surface area (Å²) < 4.78 is 0. The maximum atomic E-state index is 9.99. The lowest BCUT2D eigenvalue weighted by molar-refractivity contribution is 0.0366. The maximum Gasteiger partial charge on any atom is 0.0692 e. The van der Waals surface area contributed by atoms with E-state index in [1.54, 1.807) is 0 Å². The Morgan fingerprint density at radius 2 is 1.50 bits per heavy atom.